The first kappa shape index (κ1) is 14.9. The van der Waals surface area contributed by atoms with E-state index in [0.717, 1.165) is 12.4 Å². The summed E-state index contributed by atoms with van der Waals surface area (Å²) in [6, 6.07) is 3.67. The summed E-state index contributed by atoms with van der Waals surface area (Å²) in [5.74, 6) is 1.25. The van der Waals surface area contributed by atoms with Gasteiger partial charge in [0, 0.05) is 13.1 Å². The Balaban J connectivity index is 2.19. The van der Waals surface area contributed by atoms with E-state index in [-0.39, 0.29) is 24.9 Å². The van der Waals surface area contributed by atoms with E-state index in [9.17, 15) is 5.11 Å². The predicted molar refractivity (Wildman–Crippen MR) is 78.0 cm³/mol. The molecule has 0 radical (unpaired) electrons. The molecule has 112 valence electrons. The minimum absolute atomic E-state index is 0.00512. The van der Waals surface area contributed by atoms with Gasteiger partial charge in [-0.25, -0.2) is 0 Å². The molecule has 2 atom stereocenters. The quantitative estimate of drug-likeness (QED) is 0.858. The van der Waals surface area contributed by atoms with E-state index in [4.69, 9.17) is 15.2 Å². The minimum atomic E-state index is -0.187. The van der Waals surface area contributed by atoms with Crippen molar-refractivity contribution in [3.05, 3.63) is 12.1 Å². The van der Waals surface area contributed by atoms with Gasteiger partial charge in [0.25, 0.3) is 0 Å². The zero-order chi connectivity index (χ0) is 14.7. The first-order chi connectivity index (χ1) is 9.49. The van der Waals surface area contributed by atoms with Crippen molar-refractivity contribution >= 4 is 11.5 Å². The number of ether oxygens (including phenoxy) is 2. The average molecular weight is 281 g/mol. The molecule has 0 aliphatic carbocycles. The van der Waals surface area contributed by atoms with Crippen LogP contribution < -0.4 is 15.4 Å². The average Bonchev–Trinajstić information content (AvgIpc) is 2.40. The van der Waals surface area contributed by atoms with Crippen LogP contribution in [0, 0.1) is 0 Å². The Hall–Kier alpha value is -1.53. The number of rotatable bonds is 4. The first-order valence-corrected chi connectivity index (χ1v) is 6.94. The van der Waals surface area contributed by atoms with Crippen LogP contribution >= 0.6 is 0 Å². The lowest BCUT2D eigenvalue weighted by Gasteiger charge is -2.36. The van der Waals surface area contributed by atoms with Gasteiger partial charge in [-0.05, 0) is 32.9 Å². The summed E-state index contributed by atoms with van der Waals surface area (Å²) in [5.41, 5.74) is 6.41. The lowest BCUT2D eigenvalue weighted by atomic mass is 10.2. The van der Waals surface area contributed by atoms with E-state index in [0.29, 0.717) is 18.1 Å². The van der Waals surface area contributed by atoms with Crippen molar-refractivity contribution in [2.45, 2.75) is 39.1 Å². The van der Waals surface area contributed by atoms with Gasteiger partial charge < -0.3 is 25.2 Å². The molecule has 1 fully saturated rings. The van der Waals surface area contributed by atoms with Crippen LogP contribution in [0.25, 0.3) is 0 Å². The molecule has 2 unspecified atom stereocenters. The van der Waals surface area contributed by atoms with E-state index in [1.54, 1.807) is 6.07 Å². The highest BCUT2D eigenvalue weighted by molar-refractivity contribution is 5.54. The van der Waals surface area contributed by atoms with E-state index >= 15 is 0 Å². The summed E-state index contributed by atoms with van der Waals surface area (Å²) in [6.07, 6.45) is -0.115. The molecule has 1 aliphatic heterocycles. The maximum Gasteiger partial charge on any atom is 0.239 e. The predicted octanol–water partition coefficient (Wildman–Crippen LogP) is 1.04. The van der Waals surface area contributed by atoms with E-state index in [1.165, 1.54) is 0 Å². The molecule has 0 spiro atoms. The highest BCUT2D eigenvalue weighted by Gasteiger charge is 2.26. The fourth-order valence-corrected chi connectivity index (χ4v) is 2.27. The van der Waals surface area contributed by atoms with E-state index < -0.39 is 0 Å². The zero-order valence-electron chi connectivity index (χ0n) is 12.2. The molecule has 2 heterocycles. The van der Waals surface area contributed by atoms with Crippen LogP contribution in [0.2, 0.25) is 0 Å². The number of nitrogens with two attached hydrogens (primary N) is 1. The Morgan fingerprint density at radius 3 is 2.90 bits per heavy atom. The third-order valence-electron chi connectivity index (χ3n) is 3.08. The third-order valence-corrected chi connectivity index (χ3v) is 3.08. The largest absolute Gasteiger partial charge is 0.473 e. The number of hydrogen-bond acceptors (Lipinski definition) is 6. The second kappa shape index (κ2) is 6.28. The summed E-state index contributed by atoms with van der Waals surface area (Å²) in [5, 5.41) is 9.27. The molecule has 1 saturated heterocycles. The standard InChI is InChI=1S/C14H23N3O3/c1-9(2)19-14-12(15)4-5-13(16-14)17-6-10(3)20-11(7-17)8-18/h4-5,9-11,18H,6-8,15H2,1-3H3. The molecule has 0 bridgehead atoms. The van der Waals surface area contributed by atoms with Crippen molar-refractivity contribution in [3.8, 4) is 5.88 Å². The lowest BCUT2D eigenvalue weighted by Crippen LogP contribution is -2.48. The number of hydrogen-bond donors (Lipinski definition) is 2. The molecule has 20 heavy (non-hydrogen) atoms. The molecule has 1 aromatic rings. The molecule has 6 heteroatoms. The smallest absolute Gasteiger partial charge is 0.239 e. The fraction of sp³-hybridized carbons (Fsp3) is 0.643. The summed E-state index contributed by atoms with van der Waals surface area (Å²) in [4.78, 5) is 6.57. The van der Waals surface area contributed by atoms with Crippen LogP contribution in [-0.2, 0) is 4.74 Å². The Morgan fingerprint density at radius 2 is 2.25 bits per heavy atom. The molecule has 0 aromatic carbocycles. The highest BCUT2D eigenvalue weighted by Crippen LogP contribution is 2.26. The van der Waals surface area contributed by atoms with Gasteiger partial charge in [0.15, 0.2) is 0 Å². The van der Waals surface area contributed by atoms with Crippen molar-refractivity contribution in [3.63, 3.8) is 0 Å². The van der Waals surface area contributed by atoms with Crippen molar-refractivity contribution in [2.24, 2.45) is 0 Å². The summed E-state index contributed by atoms with van der Waals surface area (Å²) in [6.45, 7) is 7.20. The Bertz CT molecular complexity index is 453. The molecular formula is C14H23N3O3. The fourth-order valence-electron chi connectivity index (χ4n) is 2.27. The summed E-state index contributed by atoms with van der Waals surface area (Å²) < 4.78 is 11.2. The zero-order valence-corrected chi connectivity index (χ0v) is 12.2. The number of aliphatic hydroxyl groups excluding tert-OH is 1. The van der Waals surface area contributed by atoms with Gasteiger partial charge in [-0.1, -0.05) is 0 Å². The number of aromatic nitrogens is 1. The second-order valence-corrected chi connectivity index (χ2v) is 5.39. The number of pyridine rings is 1. The van der Waals surface area contributed by atoms with Gasteiger partial charge in [0.1, 0.15) is 5.82 Å². The van der Waals surface area contributed by atoms with Gasteiger partial charge in [0.05, 0.1) is 30.6 Å². The van der Waals surface area contributed by atoms with Crippen molar-refractivity contribution in [1.29, 1.82) is 0 Å². The molecule has 1 aromatic heterocycles. The molecule has 3 N–H and O–H groups in total. The first-order valence-electron chi connectivity index (χ1n) is 6.94. The van der Waals surface area contributed by atoms with E-state index in [2.05, 4.69) is 9.88 Å². The van der Waals surface area contributed by atoms with Crippen molar-refractivity contribution < 1.29 is 14.6 Å². The van der Waals surface area contributed by atoms with Crippen LogP contribution in [0.5, 0.6) is 5.88 Å². The Kier molecular flexibility index (Phi) is 4.67. The number of nitrogen functional groups attached to an aromatic ring is 1. The van der Waals surface area contributed by atoms with Crippen LogP contribution in [0.1, 0.15) is 20.8 Å². The summed E-state index contributed by atoms with van der Waals surface area (Å²) in [7, 11) is 0. The number of anilines is 2. The molecular weight excluding hydrogens is 258 g/mol. The third kappa shape index (κ3) is 3.52. The van der Waals surface area contributed by atoms with Gasteiger partial charge in [-0.3, -0.25) is 0 Å². The molecule has 0 saturated carbocycles. The van der Waals surface area contributed by atoms with Gasteiger partial charge >= 0.3 is 0 Å². The molecule has 1 aliphatic rings. The van der Waals surface area contributed by atoms with Crippen LogP contribution in [0.15, 0.2) is 12.1 Å². The van der Waals surface area contributed by atoms with Crippen molar-refractivity contribution in [1.82, 2.24) is 4.98 Å². The SMILES string of the molecule is CC(C)Oc1nc(N2CC(C)OC(CO)C2)ccc1N. The number of nitrogens with zero attached hydrogens (tertiary/aromatic N) is 2. The topological polar surface area (TPSA) is 80.8 Å². The second-order valence-electron chi connectivity index (χ2n) is 5.39. The maximum atomic E-state index is 9.27. The molecule has 6 nitrogen and oxygen atoms in total. The van der Waals surface area contributed by atoms with Crippen LogP contribution in [-0.4, -0.2) is 48.1 Å². The number of aliphatic hydroxyl groups is 1. The lowest BCUT2D eigenvalue weighted by molar-refractivity contribution is -0.0423. The van der Waals surface area contributed by atoms with Gasteiger partial charge in [-0.15, -0.1) is 0 Å². The van der Waals surface area contributed by atoms with Crippen LogP contribution in [0.3, 0.4) is 0 Å². The normalized spacial score (nSPS) is 23.1. The monoisotopic (exact) mass is 281 g/mol. The van der Waals surface area contributed by atoms with Gasteiger partial charge in [-0.2, -0.15) is 4.98 Å². The molecule has 2 rings (SSSR count). The molecule has 0 amide bonds. The summed E-state index contributed by atoms with van der Waals surface area (Å²) >= 11 is 0. The van der Waals surface area contributed by atoms with Crippen molar-refractivity contribution in [2.75, 3.05) is 30.3 Å². The Morgan fingerprint density at radius 1 is 1.50 bits per heavy atom. The number of morpholine rings is 1. The van der Waals surface area contributed by atoms with E-state index in [1.807, 2.05) is 26.8 Å². The van der Waals surface area contributed by atoms with Gasteiger partial charge in [0.2, 0.25) is 5.88 Å². The Labute approximate surface area is 119 Å². The maximum absolute atomic E-state index is 9.27. The minimum Gasteiger partial charge on any atom is -0.473 e. The van der Waals surface area contributed by atoms with Crippen LogP contribution in [0.4, 0.5) is 11.5 Å². The highest BCUT2D eigenvalue weighted by atomic mass is 16.5.